The molecule has 4 rings (SSSR count). The van der Waals surface area contributed by atoms with Crippen molar-refractivity contribution in [1.82, 2.24) is 9.55 Å². The Morgan fingerprint density at radius 2 is 2.08 bits per heavy atom. The van der Waals surface area contributed by atoms with E-state index in [1.54, 1.807) is 31.4 Å². The number of furan rings is 1. The predicted molar refractivity (Wildman–Crippen MR) is 93.3 cm³/mol. The summed E-state index contributed by atoms with van der Waals surface area (Å²) in [6, 6.07) is 12.5. The lowest BCUT2D eigenvalue weighted by molar-refractivity contribution is 0.112. The molecular formula is C19H14N2O4. The summed E-state index contributed by atoms with van der Waals surface area (Å²) < 4.78 is 12.4. The lowest BCUT2D eigenvalue weighted by Crippen LogP contribution is -2.21. The Bertz CT molecular complexity index is 1160. The Hall–Kier alpha value is -3.41. The first-order valence-electron chi connectivity index (χ1n) is 7.70. The minimum Gasteiger partial charge on any atom is -0.496 e. The highest BCUT2D eigenvalue weighted by Crippen LogP contribution is 2.25. The highest BCUT2D eigenvalue weighted by Gasteiger charge is 2.14. The van der Waals surface area contributed by atoms with Crippen LogP contribution in [0.1, 0.15) is 15.9 Å². The van der Waals surface area contributed by atoms with Crippen LogP contribution in [0.25, 0.3) is 22.1 Å². The second kappa shape index (κ2) is 5.90. The summed E-state index contributed by atoms with van der Waals surface area (Å²) in [6.07, 6.45) is 2.24. The zero-order valence-electron chi connectivity index (χ0n) is 13.4. The van der Waals surface area contributed by atoms with Gasteiger partial charge in [-0.2, -0.15) is 0 Å². The molecule has 0 aliphatic heterocycles. The Kier molecular flexibility index (Phi) is 3.57. The Morgan fingerprint density at radius 3 is 2.88 bits per heavy atom. The maximum Gasteiger partial charge on any atom is 0.297 e. The number of carbonyl (C=O) groups excluding carboxylic acids is 1. The van der Waals surface area contributed by atoms with E-state index < -0.39 is 0 Å². The zero-order valence-corrected chi connectivity index (χ0v) is 13.4. The van der Waals surface area contributed by atoms with Crippen LogP contribution in [0.3, 0.4) is 0 Å². The highest BCUT2D eigenvalue weighted by molar-refractivity contribution is 6.01. The third-order valence-corrected chi connectivity index (χ3v) is 4.13. The van der Waals surface area contributed by atoms with E-state index >= 15 is 0 Å². The molecule has 0 spiro atoms. The monoisotopic (exact) mass is 334 g/mol. The summed E-state index contributed by atoms with van der Waals surface area (Å²) >= 11 is 0. The molecule has 0 saturated heterocycles. The van der Waals surface area contributed by atoms with Gasteiger partial charge in [0.15, 0.2) is 0 Å². The number of para-hydroxylation sites is 1. The molecule has 0 aliphatic carbocycles. The predicted octanol–water partition coefficient (Wildman–Crippen LogP) is 3.01. The van der Waals surface area contributed by atoms with Crippen molar-refractivity contribution in [3.05, 3.63) is 70.3 Å². The van der Waals surface area contributed by atoms with E-state index in [9.17, 15) is 9.59 Å². The normalized spacial score (nSPS) is 11.1. The topological polar surface area (TPSA) is 74.3 Å². The molecule has 4 aromatic rings. The first kappa shape index (κ1) is 15.1. The Labute approximate surface area is 142 Å². The number of hydrogen-bond acceptors (Lipinski definition) is 5. The van der Waals surface area contributed by atoms with Crippen molar-refractivity contribution < 1.29 is 13.9 Å². The summed E-state index contributed by atoms with van der Waals surface area (Å²) in [7, 11) is 1.54. The Morgan fingerprint density at radius 1 is 1.24 bits per heavy atom. The van der Waals surface area contributed by atoms with E-state index in [1.807, 2.05) is 18.2 Å². The number of carbonyl (C=O) groups is 1. The first-order valence-corrected chi connectivity index (χ1v) is 7.70. The van der Waals surface area contributed by atoms with Gasteiger partial charge in [0.2, 0.25) is 5.58 Å². The molecule has 0 atom stereocenters. The lowest BCUT2D eigenvalue weighted by atomic mass is 10.1. The lowest BCUT2D eigenvalue weighted by Gasteiger charge is -2.10. The largest absolute Gasteiger partial charge is 0.496 e. The van der Waals surface area contributed by atoms with Crippen molar-refractivity contribution in [1.29, 1.82) is 0 Å². The molecule has 0 unspecified atom stereocenters. The molecule has 0 amide bonds. The molecule has 0 aliphatic rings. The smallest absolute Gasteiger partial charge is 0.297 e. The molecular weight excluding hydrogens is 320 g/mol. The first-order chi connectivity index (χ1) is 12.2. The van der Waals surface area contributed by atoms with Gasteiger partial charge in [-0.15, -0.1) is 0 Å². The van der Waals surface area contributed by atoms with Crippen LogP contribution in [0.4, 0.5) is 0 Å². The molecule has 0 radical (unpaired) electrons. The molecule has 2 aromatic heterocycles. The molecule has 6 heteroatoms. The maximum absolute atomic E-state index is 12.8. The van der Waals surface area contributed by atoms with Crippen molar-refractivity contribution in [2.45, 2.75) is 6.54 Å². The maximum atomic E-state index is 12.8. The third kappa shape index (κ3) is 2.48. The fourth-order valence-electron chi connectivity index (χ4n) is 2.91. The van der Waals surface area contributed by atoms with Crippen LogP contribution in [0, 0.1) is 0 Å². The number of hydrogen-bond donors (Lipinski definition) is 0. The van der Waals surface area contributed by atoms with Crippen LogP contribution in [-0.4, -0.2) is 22.9 Å². The van der Waals surface area contributed by atoms with Crippen LogP contribution >= 0.6 is 0 Å². The summed E-state index contributed by atoms with van der Waals surface area (Å²) in [4.78, 5) is 28.2. The van der Waals surface area contributed by atoms with Gasteiger partial charge in [-0.05, 0) is 30.3 Å². The fourth-order valence-corrected chi connectivity index (χ4v) is 2.91. The van der Waals surface area contributed by atoms with E-state index in [2.05, 4.69) is 4.98 Å². The highest BCUT2D eigenvalue weighted by atomic mass is 16.5. The number of benzene rings is 2. The van der Waals surface area contributed by atoms with Gasteiger partial charge in [0.1, 0.15) is 23.1 Å². The molecule has 0 saturated carbocycles. The number of fused-ring (bicyclic) bond motifs is 3. The van der Waals surface area contributed by atoms with Crippen molar-refractivity contribution in [3.8, 4) is 5.75 Å². The van der Waals surface area contributed by atoms with Crippen LogP contribution in [-0.2, 0) is 6.54 Å². The zero-order chi connectivity index (χ0) is 17.4. The minimum absolute atomic E-state index is 0.217. The number of methoxy groups -OCH3 is 1. The second-order valence-electron chi connectivity index (χ2n) is 5.64. The van der Waals surface area contributed by atoms with Gasteiger partial charge in [-0.25, -0.2) is 4.98 Å². The summed E-state index contributed by atoms with van der Waals surface area (Å²) in [5.41, 5.74) is 2.34. The van der Waals surface area contributed by atoms with Gasteiger partial charge in [-0.1, -0.05) is 12.1 Å². The van der Waals surface area contributed by atoms with E-state index in [0.717, 1.165) is 11.7 Å². The molecule has 124 valence electrons. The summed E-state index contributed by atoms with van der Waals surface area (Å²) in [5, 5.41) is 0.808. The van der Waals surface area contributed by atoms with Crippen molar-refractivity contribution >= 4 is 28.4 Å². The van der Waals surface area contributed by atoms with E-state index in [4.69, 9.17) is 9.15 Å². The second-order valence-corrected chi connectivity index (χ2v) is 5.64. The van der Waals surface area contributed by atoms with Gasteiger partial charge in [0.25, 0.3) is 5.56 Å². The van der Waals surface area contributed by atoms with E-state index in [1.165, 1.54) is 10.9 Å². The quantitative estimate of drug-likeness (QED) is 0.536. The van der Waals surface area contributed by atoms with Crippen molar-refractivity contribution in [3.63, 3.8) is 0 Å². The molecule has 6 nitrogen and oxygen atoms in total. The van der Waals surface area contributed by atoms with Gasteiger partial charge < -0.3 is 9.15 Å². The SMILES string of the molecule is COc1ccc(C=O)cc1Cn1cnc2c(oc3ccccc32)c1=O. The number of aldehydes is 1. The molecule has 0 fully saturated rings. The van der Waals surface area contributed by atoms with Crippen LogP contribution in [0.2, 0.25) is 0 Å². The summed E-state index contributed by atoms with van der Waals surface area (Å²) in [5.74, 6) is 0.599. The van der Waals surface area contributed by atoms with Crippen molar-refractivity contribution in [2.24, 2.45) is 0 Å². The van der Waals surface area contributed by atoms with Crippen molar-refractivity contribution in [2.75, 3.05) is 7.11 Å². The average molecular weight is 334 g/mol. The molecule has 0 N–H and O–H groups in total. The van der Waals surface area contributed by atoms with Gasteiger partial charge in [0, 0.05) is 16.5 Å². The number of rotatable bonds is 4. The molecule has 2 aromatic carbocycles. The summed E-state index contributed by atoms with van der Waals surface area (Å²) in [6.45, 7) is 0.226. The fraction of sp³-hybridized carbons (Fsp3) is 0.105. The molecule has 0 bridgehead atoms. The standard InChI is InChI=1S/C19H14N2O4/c1-24-15-7-6-12(10-22)8-13(15)9-21-11-20-17-14-4-2-3-5-16(14)25-18(17)19(21)23/h2-8,10-11H,9H2,1H3. The van der Waals surface area contributed by atoms with E-state index in [-0.39, 0.29) is 17.7 Å². The van der Waals surface area contributed by atoms with Crippen LogP contribution < -0.4 is 10.3 Å². The Balaban J connectivity index is 1.85. The van der Waals surface area contributed by atoms with Gasteiger partial charge in [0.05, 0.1) is 20.0 Å². The van der Waals surface area contributed by atoms with Crippen LogP contribution in [0.15, 0.2) is 58.0 Å². The molecule has 25 heavy (non-hydrogen) atoms. The van der Waals surface area contributed by atoms with Crippen LogP contribution in [0.5, 0.6) is 5.75 Å². The minimum atomic E-state index is -0.278. The average Bonchev–Trinajstić information content (AvgIpc) is 3.03. The van der Waals surface area contributed by atoms with Gasteiger partial charge in [-0.3, -0.25) is 14.2 Å². The number of nitrogens with zero attached hydrogens (tertiary/aromatic N) is 2. The van der Waals surface area contributed by atoms with Gasteiger partial charge >= 0.3 is 0 Å². The molecule has 2 heterocycles. The number of ether oxygens (including phenoxy) is 1. The number of aromatic nitrogens is 2. The van der Waals surface area contributed by atoms with E-state index in [0.29, 0.717) is 28.0 Å². The third-order valence-electron chi connectivity index (χ3n) is 4.13.